The molecular formula is C13H22N2O2. The monoisotopic (exact) mass is 238 g/mol. The lowest BCUT2D eigenvalue weighted by Crippen LogP contribution is -2.26. The van der Waals surface area contributed by atoms with Crippen molar-refractivity contribution in [1.82, 2.24) is 10.3 Å². The Morgan fingerprint density at radius 1 is 1.35 bits per heavy atom. The normalized spacial score (nSPS) is 11.2. The number of oxazole rings is 1. The van der Waals surface area contributed by atoms with Crippen molar-refractivity contribution < 1.29 is 9.21 Å². The zero-order valence-electron chi connectivity index (χ0n) is 11.3. The lowest BCUT2D eigenvalue weighted by molar-refractivity contribution is 0.0921. The number of carbonyl (C=O) groups is 1. The van der Waals surface area contributed by atoms with E-state index in [0.29, 0.717) is 24.1 Å². The Labute approximate surface area is 103 Å². The molecule has 1 rings (SSSR count). The molecule has 0 aliphatic carbocycles. The van der Waals surface area contributed by atoms with Crippen molar-refractivity contribution >= 4 is 5.91 Å². The van der Waals surface area contributed by atoms with Crippen LogP contribution in [0.4, 0.5) is 0 Å². The van der Waals surface area contributed by atoms with Gasteiger partial charge in [-0.1, -0.05) is 27.7 Å². The maximum Gasteiger partial charge on any atom is 0.289 e. The first-order valence-electron chi connectivity index (χ1n) is 6.17. The van der Waals surface area contributed by atoms with Crippen LogP contribution >= 0.6 is 0 Å². The largest absolute Gasteiger partial charge is 0.436 e. The molecule has 0 saturated heterocycles. The third-order valence-electron chi connectivity index (χ3n) is 2.52. The average molecular weight is 238 g/mol. The van der Waals surface area contributed by atoms with Crippen LogP contribution in [0.2, 0.25) is 0 Å². The Morgan fingerprint density at radius 3 is 2.53 bits per heavy atom. The van der Waals surface area contributed by atoms with Gasteiger partial charge < -0.3 is 9.73 Å². The third-order valence-corrected chi connectivity index (χ3v) is 2.52. The number of nitrogens with one attached hydrogen (secondary N) is 1. The lowest BCUT2D eigenvalue weighted by Gasteiger charge is -2.07. The highest BCUT2D eigenvalue weighted by molar-refractivity contribution is 5.92. The molecule has 17 heavy (non-hydrogen) atoms. The predicted molar refractivity (Wildman–Crippen MR) is 67.1 cm³/mol. The van der Waals surface area contributed by atoms with Gasteiger partial charge in [-0.3, -0.25) is 4.79 Å². The molecule has 96 valence electrons. The number of aryl methyl sites for hydroxylation is 1. The van der Waals surface area contributed by atoms with Crippen LogP contribution in [0.1, 0.15) is 62.2 Å². The van der Waals surface area contributed by atoms with Gasteiger partial charge in [0.1, 0.15) is 0 Å². The van der Waals surface area contributed by atoms with Gasteiger partial charge in [-0.15, -0.1) is 0 Å². The van der Waals surface area contributed by atoms with E-state index in [9.17, 15) is 4.79 Å². The van der Waals surface area contributed by atoms with Gasteiger partial charge in [0.2, 0.25) is 5.76 Å². The van der Waals surface area contributed by atoms with E-state index in [1.165, 1.54) is 0 Å². The molecule has 0 fully saturated rings. The van der Waals surface area contributed by atoms with Crippen LogP contribution in [0.5, 0.6) is 0 Å². The number of carbonyl (C=O) groups excluding carboxylic acids is 1. The fourth-order valence-electron chi connectivity index (χ4n) is 1.55. The molecule has 0 saturated carbocycles. The quantitative estimate of drug-likeness (QED) is 0.858. The van der Waals surface area contributed by atoms with Crippen molar-refractivity contribution in [2.24, 2.45) is 5.92 Å². The molecule has 1 N–H and O–H groups in total. The summed E-state index contributed by atoms with van der Waals surface area (Å²) in [5, 5.41) is 2.87. The van der Waals surface area contributed by atoms with Crippen LogP contribution in [-0.4, -0.2) is 17.4 Å². The van der Waals surface area contributed by atoms with Crippen LogP contribution in [0.3, 0.4) is 0 Å². The highest BCUT2D eigenvalue weighted by Gasteiger charge is 2.20. The van der Waals surface area contributed by atoms with E-state index in [-0.39, 0.29) is 11.8 Å². The van der Waals surface area contributed by atoms with Crippen molar-refractivity contribution in [3.8, 4) is 0 Å². The van der Waals surface area contributed by atoms with Crippen LogP contribution in [0, 0.1) is 12.8 Å². The zero-order valence-corrected chi connectivity index (χ0v) is 11.3. The van der Waals surface area contributed by atoms with Gasteiger partial charge in [0.05, 0.1) is 5.69 Å². The van der Waals surface area contributed by atoms with E-state index in [2.05, 4.69) is 24.1 Å². The number of aromatic nitrogens is 1. The predicted octanol–water partition coefficient (Wildman–Crippen LogP) is 2.88. The standard InChI is InChI=1S/C13H22N2O2/c1-8(2)6-7-14-13(16)12-11(9(3)4)15-10(5)17-12/h8-9H,6-7H2,1-5H3,(H,14,16). The van der Waals surface area contributed by atoms with Crippen LogP contribution in [0.15, 0.2) is 4.42 Å². The Bertz CT molecular complexity index is 381. The second-order valence-electron chi connectivity index (χ2n) is 5.04. The summed E-state index contributed by atoms with van der Waals surface area (Å²) in [5.41, 5.74) is 0.740. The number of amides is 1. The number of rotatable bonds is 5. The van der Waals surface area contributed by atoms with Crippen LogP contribution in [0.25, 0.3) is 0 Å². The topological polar surface area (TPSA) is 55.1 Å². The smallest absolute Gasteiger partial charge is 0.289 e. The molecule has 0 radical (unpaired) electrons. The van der Waals surface area contributed by atoms with Gasteiger partial charge in [0.15, 0.2) is 5.89 Å². The van der Waals surface area contributed by atoms with Crippen molar-refractivity contribution in [1.29, 1.82) is 0 Å². The van der Waals surface area contributed by atoms with Gasteiger partial charge >= 0.3 is 0 Å². The molecule has 0 atom stereocenters. The van der Waals surface area contributed by atoms with E-state index in [1.54, 1.807) is 6.92 Å². The second-order valence-corrected chi connectivity index (χ2v) is 5.04. The molecule has 1 amide bonds. The molecule has 1 aromatic rings. The second kappa shape index (κ2) is 5.84. The minimum atomic E-state index is -0.157. The first-order chi connectivity index (χ1) is 7.91. The first-order valence-corrected chi connectivity index (χ1v) is 6.17. The number of hydrogen-bond donors (Lipinski definition) is 1. The van der Waals surface area contributed by atoms with Gasteiger partial charge in [-0.25, -0.2) is 4.98 Å². The Hall–Kier alpha value is -1.32. The molecule has 4 nitrogen and oxygen atoms in total. The highest BCUT2D eigenvalue weighted by Crippen LogP contribution is 2.19. The fourth-order valence-corrected chi connectivity index (χ4v) is 1.55. The number of nitrogens with zero attached hydrogens (tertiary/aromatic N) is 1. The fraction of sp³-hybridized carbons (Fsp3) is 0.692. The van der Waals surface area contributed by atoms with Gasteiger partial charge in [0, 0.05) is 13.5 Å². The van der Waals surface area contributed by atoms with Crippen molar-refractivity contribution in [3.63, 3.8) is 0 Å². The Kier molecular flexibility index (Phi) is 4.73. The molecule has 0 aromatic carbocycles. The highest BCUT2D eigenvalue weighted by atomic mass is 16.4. The summed E-state index contributed by atoms with van der Waals surface area (Å²) in [5.74, 6) is 1.52. The van der Waals surface area contributed by atoms with Crippen molar-refractivity contribution in [3.05, 3.63) is 17.3 Å². The molecule has 0 spiro atoms. The van der Waals surface area contributed by atoms with E-state index in [0.717, 1.165) is 12.1 Å². The van der Waals surface area contributed by atoms with E-state index < -0.39 is 0 Å². The van der Waals surface area contributed by atoms with Crippen LogP contribution < -0.4 is 5.32 Å². The molecule has 1 heterocycles. The van der Waals surface area contributed by atoms with Crippen molar-refractivity contribution in [2.45, 2.75) is 47.0 Å². The minimum Gasteiger partial charge on any atom is -0.436 e. The summed E-state index contributed by atoms with van der Waals surface area (Å²) in [4.78, 5) is 16.2. The van der Waals surface area contributed by atoms with E-state index in [4.69, 9.17) is 4.42 Å². The first kappa shape index (κ1) is 13.7. The van der Waals surface area contributed by atoms with Gasteiger partial charge in [0.25, 0.3) is 5.91 Å². The molecule has 0 aliphatic rings. The third kappa shape index (κ3) is 3.88. The van der Waals surface area contributed by atoms with Gasteiger partial charge in [-0.05, 0) is 18.3 Å². The lowest BCUT2D eigenvalue weighted by atomic mass is 10.1. The summed E-state index contributed by atoms with van der Waals surface area (Å²) in [6, 6.07) is 0. The minimum absolute atomic E-state index is 0.157. The molecule has 0 aliphatic heterocycles. The number of hydrogen-bond acceptors (Lipinski definition) is 3. The molecule has 0 unspecified atom stereocenters. The zero-order chi connectivity index (χ0) is 13.0. The van der Waals surface area contributed by atoms with Crippen LogP contribution in [-0.2, 0) is 0 Å². The Balaban J connectivity index is 2.68. The SMILES string of the molecule is Cc1nc(C(C)C)c(C(=O)NCCC(C)C)o1. The molecule has 0 bridgehead atoms. The summed E-state index contributed by atoms with van der Waals surface area (Å²) >= 11 is 0. The molecule has 1 aromatic heterocycles. The van der Waals surface area contributed by atoms with Crippen molar-refractivity contribution in [2.75, 3.05) is 6.54 Å². The Morgan fingerprint density at radius 2 is 2.00 bits per heavy atom. The molecule has 4 heteroatoms. The maximum absolute atomic E-state index is 11.9. The molecular weight excluding hydrogens is 216 g/mol. The average Bonchev–Trinajstić information content (AvgIpc) is 2.59. The van der Waals surface area contributed by atoms with E-state index >= 15 is 0 Å². The van der Waals surface area contributed by atoms with Gasteiger partial charge in [-0.2, -0.15) is 0 Å². The summed E-state index contributed by atoms with van der Waals surface area (Å²) in [7, 11) is 0. The summed E-state index contributed by atoms with van der Waals surface area (Å²) in [6.45, 7) is 10.7. The summed E-state index contributed by atoms with van der Waals surface area (Å²) in [6.07, 6.45) is 0.968. The maximum atomic E-state index is 11.9. The van der Waals surface area contributed by atoms with E-state index in [1.807, 2.05) is 13.8 Å². The summed E-state index contributed by atoms with van der Waals surface area (Å²) < 4.78 is 5.37.